The van der Waals surface area contributed by atoms with E-state index < -0.39 is 17.8 Å². The maximum atomic E-state index is 12.1. The number of amides is 2. The molecule has 2 aromatic carbocycles. The van der Waals surface area contributed by atoms with E-state index in [1.165, 1.54) is 33.6 Å². The van der Waals surface area contributed by atoms with E-state index in [1.54, 1.807) is 36.4 Å². The Bertz CT molecular complexity index is 926. The number of anilines is 1. The third kappa shape index (κ3) is 6.51. The van der Waals surface area contributed by atoms with Gasteiger partial charge >= 0.3 is 17.8 Å². The van der Waals surface area contributed by atoms with Gasteiger partial charge in [0.15, 0.2) is 6.61 Å². The summed E-state index contributed by atoms with van der Waals surface area (Å²) in [6.45, 7) is -0.201. The third-order valence-electron chi connectivity index (χ3n) is 3.71. The smallest absolute Gasteiger partial charge is 0.343 e. The standard InChI is InChI=1S/C20H21N3O7/c1-27-15-8-9-17(28-2)16(10-15)22-19(25)20(26)23-21-11-13-4-6-14(7-5-13)30-12-18(24)29-3/h4-11H,12H2,1-3H3,(H,22,25)(H,23,26)/b21-11-. The summed E-state index contributed by atoms with van der Waals surface area (Å²) in [7, 11) is 4.19. The number of rotatable bonds is 8. The molecule has 0 saturated heterocycles. The zero-order valence-electron chi connectivity index (χ0n) is 16.6. The van der Waals surface area contributed by atoms with Gasteiger partial charge in [-0.25, -0.2) is 10.2 Å². The van der Waals surface area contributed by atoms with Gasteiger partial charge in [-0.3, -0.25) is 9.59 Å². The van der Waals surface area contributed by atoms with Crippen LogP contribution in [0.15, 0.2) is 47.6 Å². The molecule has 0 atom stereocenters. The second-order valence-corrected chi connectivity index (χ2v) is 5.65. The molecule has 0 fully saturated rings. The maximum Gasteiger partial charge on any atom is 0.343 e. The van der Waals surface area contributed by atoms with E-state index in [9.17, 15) is 14.4 Å². The predicted molar refractivity (Wildman–Crippen MR) is 108 cm³/mol. The lowest BCUT2D eigenvalue weighted by molar-refractivity contribution is -0.142. The maximum absolute atomic E-state index is 12.1. The van der Waals surface area contributed by atoms with Gasteiger partial charge in [0.1, 0.15) is 17.2 Å². The fraction of sp³-hybridized carbons (Fsp3) is 0.200. The Hall–Kier alpha value is -4.08. The van der Waals surface area contributed by atoms with Gasteiger partial charge in [0, 0.05) is 6.07 Å². The van der Waals surface area contributed by atoms with Gasteiger partial charge in [0.05, 0.1) is 33.2 Å². The lowest BCUT2D eigenvalue weighted by Crippen LogP contribution is -2.32. The van der Waals surface area contributed by atoms with Crippen LogP contribution < -0.4 is 25.0 Å². The molecule has 0 aliphatic rings. The first kappa shape index (κ1) is 22.2. The number of ether oxygens (including phenoxy) is 4. The van der Waals surface area contributed by atoms with Crippen molar-refractivity contribution in [2.75, 3.05) is 33.3 Å². The number of esters is 1. The van der Waals surface area contributed by atoms with Gasteiger partial charge in [0.25, 0.3) is 0 Å². The molecule has 0 radical (unpaired) electrons. The number of hydrogen-bond acceptors (Lipinski definition) is 8. The number of hydrogen-bond donors (Lipinski definition) is 2. The SMILES string of the molecule is COC(=O)COc1ccc(/C=N\NC(=O)C(=O)Nc2cc(OC)ccc2OC)cc1. The summed E-state index contributed by atoms with van der Waals surface area (Å²) in [4.78, 5) is 35.1. The van der Waals surface area contributed by atoms with E-state index in [0.29, 0.717) is 22.8 Å². The lowest BCUT2D eigenvalue weighted by Gasteiger charge is -2.11. The summed E-state index contributed by atoms with van der Waals surface area (Å²) in [6, 6.07) is 11.3. The molecular weight excluding hydrogens is 394 g/mol. The van der Waals surface area contributed by atoms with Crippen molar-refractivity contribution in [3.8, 4) is 17.2 Å². The number of nitrogens with zero attached hydrogens (tertiary/aromatic N) is 1. The highest BCUT2D eigenvalue weighted by Gasteiger charge is 2.16. The quantitative estimate of drug-likeness (QED) is 0.289. The molecular formula is C20H21N3O7. The zero-order chi connectivity index (χ0) is 21.9. The summed E-state index contributed by atoms with van der Waals surface area (Å²) >= 11 is 0. The van der Waals surface area contributed by atoms with Crippen molar-refractivity contribution in [1.82, 2.24) is 5.43 Å². The molecule has 30 heavy (non-hydrogen) atoms. The fourth-order valence-electron chi connectivity index (χ4n) is 2.16. The van der Waals surface area contributed by atoms with Crippen LogP contribution in [-0.4, -0.2) is 51.9 Å². The third-order valence-corrected chi connectivity index (χ3v) is 3.71. The lowest BCUT2D eigenvalue weighted by atomic mass is 10.2. The van der Waals surface area contributed by atoms with Gasteiger partial charge in [-0.15, -0.1) is 0 Å². The van der Waals surface area contributed by atoms with E-state index in [4.69, 9.17) is 14.2 Å². The molecule has 2 amide bonds. The molecule has 0 aliphatic carbocycles. The molecule has 10 heteroatoms. The first-order valence-corrected chi connectivity index (χ1v) is 8.63. The van der Waals surface area contributed by atoms with Gasteiger partial charge in [-0.1, -0.05) is 0 Å². The van der Waals surface area contributed by atoms with Gasteiger partial charge in [0.2, 0.25) is 0 Å². The first-order chi connectivity index (χ1) is 14.5. The minimum Gasteiger partial charge on any atom is -0.497 e. The average Bonchev–Trinajstić information content (AvgIpc) is 2.77. The zero-order valence-corrected chi connectivity index (χ0v) is 16.6. The minimum absolute atomic E-state index is 0.201. The van der Waals surface area contributed by atoms with Gasteiger partial charge in [-0.2, -0.15) is 5.10 Å². The highest BCUT2D eigenvalue weighted by Crippen LogP contribution is 2.28. The van der Waals surface area contributed by atoms with E-state index in [0.717, 1.165) is 0 Å². The Morgan fingerprint density at radius 1 is 0.933 bits per heavy atom. The molecule has 0 aromatic heterocycles. The number of carbonyl (C=O) groups is 3. The first-order valence-electron chi connectivity index (χ1n) is 8.63. The number of nitrogens with one attached hydrogen (secondary N) is 2. The van der Waals surface area contributed by atoms with Crippen LogP contribution in [0.3, 0.4) is 0 Å². The van der Waals surface area contributed by atoms with Crippen LogP contribution >= 0.6 is 0 Å². The van der Waals surface area contributed by atoms with Crippen molar-refractivity contribution in [2.45, 2.75) is 0 Å². The Balaban J connectivity index is 1.90. The van der Waals surface area contributed by atoms with E-state index in [-0.39, 0.29) is 12.3 Å². The van der Waals surface area contributed by atoms with Crippen LogP contribution in [0, 0.1) is 0 Å². The molecule has 0 spiro atoms. The fourth-order valence-corrected chi connectivity index (χ4v) is 2.16. The molecule has 2 N–H and O–H groups in total. The van der Waals surface area contributed by atoms with E-state index in [2.05, 4.69) is 20.6 Å². The van der Waals surface area contributed by atoms with Gasteiger partial charge in [-0.05, 0) is 42.0 Å². The van der Waals surface area contributed by atoms with Crippen molar-refractivity contribution in [2.24, 2.45) is 5.10 Å². The molecule has 2 rings (SSSR count). The molecule has 2 aromatic rings. The Kier molecular flexibility index (Phi) is 8.18. The largest absolute Gasteiger partial charge is 0.497 e. The van der Waals surface area contributed by atoms with Crippen LogP contribution in [0.2, 0.25) is 0 Å². The van der Waals surface area contributed by atoms with Crippen LogP contribution in [-0.2, 0) is 19.1 Å². The topological polar surface area (TPSA) is 125 Å². The Labute approximate surface area is 172 Å². The summed E-state index contributed by atoms with van der Waals surface area (Å²) in [5.74, 6) is -1.06. The molecule has 0 aliphatic heterocycles. The van der Waals surface area contributed by atoms with E-state index >= 15 is 0 Å². The normalized spacial score (nSPS) is 10.2. The molecule has 10 nitrogen and oxygen atoms in total. The summed E-state index contributed by atoms with van der Waals surface area (Å²) < 4.78 is 19.9. The highest BCUT2D eigenvalue weighted by molar-refractivity contribution is 6.39. The average molecular weight is 415 g/mol. The van der Waals surface area contributed by atoms with Gasteiger partial charge < -0.3 is 24.3 Å². The molecule has 0 unspecified atom stereocenters. The second-order valence-electron chi connectivity index (χ2n) is 5.65. The van der Waals surface area contributed by atoms with Crippen LogP contribution in [0.4, 0.5) is 5.69 Å². The molecule has 158 valence electrons. The highest BCUT2D eigenvalue weighted by atomic mass is 16.6. The molecule has 0 bridgehead atoms. The van der Waals surface area contributed by atoms with Crippen molar-refractivity contribution < 1.29 is 33.3 Å². The Morgan fingerprint density at radius 3 is 2.27 bits per heavy atom. The minimum atomic E-state index is -0.964. The Morgan fingerprint density at radius 2 is 1.63 bits per heavy atom. The number of methoxy groups -OCH3 is 3. The van der Waals surface area contributed by atoms with Crippen molar-refractivity contribution >= 4 is 29.7 Å². The van der Waals surface area contributed by atoms with Crippen molar-refractivity contribution in [3.63, 3.8) is 0 Å². The molecule has 0 saturated carbocycles. The van der Waals surface area contributed by atoms with Crippen LogP contribution in [0.25, 0.3) is 0 Å². The number of hydrazone groups is 1. The van der Waals surface area contributed by atoms with E-state index in [1.807, 2.05) is 0 Å². The molecule has 0 heterocycles. The van der Waals surface area contributed by atoms with Crippen molar-refractivity contribution in [1.29, 1.82) is 0 Å². The van der Waals surface area contributed by atoms with Crippen LogP contribution in [0.1, 0.15) is 5.56 Å². The second kappa shape index (κ2) is 11.1. The van der Waals surface area contributed by atoms with Crippen LogP contribution in [0.5, 0.6) is 17.2 Å². The summed E-state index contributed by atoms with van der Waals surface area (Å²) in [6.07, 6.45) is 1.35. The monoisotopic (exact) mass is 415 g/mol. The number of benzene rings is 2. The summed E-state index contributed by atoms with van der Waals surface area (Å²) in [5.41, 5.74) is 3.05. The number of carbonyl (C=O) groups excluding carboxylic acids is 3. The van der Waals surface area contributed by atoms with Crippen molar-refractivity contribution in [3.05, 3.63) is 48.0 Å². The summed E-state index contributed by atoms with van der Waals surface area (Å²) in [5, 5.41) is 6.18. The predicted octanol–water partition coefficient (Wildman–Crippen LogP) is 1.34.